The highest BCUT2D eigenvalue weighted by Gasteiger charge is 2.25. The minimum Gasteiger partial charge on any atom is -0.373 e. The molecule has 0 radical (unpaired) electrons. The van der Waals surface area contributed by atoms with Gasteiger partial charge in [0.1, 0.15) is 0 Å². The Labute approximate surface area is 118 Å². The van der Waals surface area contributed by atoms with E-state index in [2.05, 4.69) is 27.2 Å². The molecule has 0 saturated carbocycles. The summed E-state index contributed by atoms with van der Waals surface area (Å²) in [7, 11) is 0. The van der Waals surface area contributed by atoms with Gasteiger partial charge in [-0.3, -0.25) is 0 Å². The molecule has 1 aliphatic rings. The van der Waals surface area contributed by atoms with Gasteiger partial charge in [-0.15, -0.1) is 5.10 Å². The monoisotopic (exact) mass is 272 g/mol. The van der Waals surface area contributed by atoms with Crippen LogP contribution in [0.2, 0.25) is 0 Å². The van der Waals surface area contributed by atoms with E-state index < -0.39 is 0 Å². The molecule has 3 rings (SSSR count). The van der Waals surface area contributed by atoms with Crippen LogP contribution in [0.25, 0.3) is 10.8 Å². The zero-order chi connectivity index (χ0) is 14.1. The van der Waals surface area contributed by atoms with E-state index in [0.717, 1.165) is 35.4 Å². The fourth-order valence-electron chi connectivity index (χ4n) is 2.64. The van der Waals surface area contributed by atoms with Crippen LogP contribution in [0, 0.1) is 6.92 Å². The van der Waals surface area contributed by atoms with E-state index in [9.17, 15) is 0 Å². The number of morpholine rings is 1. The van der Waals surface area contributed by atoms with Crippen LogP contribution < -0.4 is 10.6 Å². The average Bonchev–Trinajstić information content (AvgIpc) is 2.48. The van der Waals surface area contributed by atoms with Crippen molar-refractivity contribution in [3.05, 3.63) is 30.0 Å². The number of benzene rings is 1. The highest BCUT2D eigenvalue weighted by atomic mass is 16.5. The number of rotatable bonds is 2. The van der Waals surface area contributed by atoms with E-state index >= 15 is 0 Å². The van der Waals surface area contributed by atoms with Gasteiger partial charge in [0.2, 0.25) is 0 Å². The topological polar surface area (TPSA) is 64.3 Å². The normalized spacial score (nSPS) is 21.1. The van der Waals surface area contributed by atoms with Crippen molar-refractivity contribution in [2.24, 2.45) is 5.73 Å². The highest BCUT2D eigenvalue weighted by molar-refractivity contribution is 5.93. The van der Waals surface area contributed by atoms with Gasteiger partial charge in [0.05, 0.1) is 18.4 Å². The average molecular weight is 272 g/mol. The molecule has 5 nitrogen and oxygen atoms in total. The summed E-state index contributed by atoms with van der Waals surface area (Å²) in [5.74, 6) is 0.931. The van der Waals surface area contributed by atoms with E-state index in [-0.39, 0.29) is 12.1 Å². The van der Waals surface area contributed by atoms with Crippen molar-refractivity contribution < 1.29 is 4.74 Å². The van der Waals surface area contributed by atoms with Crippen LogP contribution in [0.4, 0.5) is 5.82 Å². The minimum atomic E-state index is 0.0162. The molecule has 1 fully saturated rings. The maximum Gasteiger partial charge on any atom is 0.159 e. The third-order valence-electron chi connectivity index (χ3n) is 3.83. The maximum absolute atomic E-state index is 5.96. The molecular formula is C15H20N4O. The molecule has 106 valence electrons. The Morgan fingerprint density at radius 2 is 2.05 bits per heavy atom. The minimum absolute atomic E-state index is 0.0162. The summed E-state index contributed by atoms with van der Waals surface area (Å²) in [6, 6.07) is 8.28. The van der Waals surface area contributed by atoms with Gasteiger partial charge in [0.25, 0.3) is 0 Å². The molecule has 2 unspecified atom stereocenters. The number of hydrogen-bond donors (Lipinski definition) is 1. The molecule has 1 aromatic heterocycles. The van der Waals surface area contributed by atoms with Crippen LogP contribution >= 0.6 is 0 Å². The number of ether oxygens (including phenoxy) is 1. The first-order valence-corrected chi connectivity index (χ1v) is 7.01. The van der Waals surface area contributed by atoms with Gasteiger partial charge in [-0.1, -0.05) is 24.3 Å². The Kier molecular flexibility index (Phi) is 3.54. The zero-order valence-corrected chi connectivity index (χ0v) is 11.9. The summed E-state index contributed by atoms with van der Waals surface area (Å²) < 4.78 is 5.71. The predicted molar refractivity (Wildman–Crippen MR) is 79.9 cm³/mol. The van der Waals surface area contributed by atoms with E-state index in [1.807, 2.05) is 26.0 Å². The van der Waals surface area contributed by atoms with Gasteiger partial charge >= 0.3 is 0 Å². The van der Waals surface area contributed by atoms with Crippen molar-refractivity contribution in [3.63, 3.8) is 0 Å². The Hall–Kier alpha value is -1.72. The molecule has 2 aromatic rings. The second-order valence-corrected chi connectivity index (χ2v) is 5.37. The summed E-state index contributed by atoms with van der Waals surface area (Å²) in [5.41, 5.74) is 6.92. The number of aromatic nitrogens is 2. The molecule has 1 aromatic carbocycles. The molecule has 0 amide bonds. The quantitative estimate of drug-likeness (QED) is 0.897. The fourth-order valence-corrected chi connectivity index (χ4v) is 2.64. The van der Waals surface area contributed by atoms with E-state index in [4.69, 9.17) is 10.5 Å². The standard InChI is InChI=1S/C15H20N4O/c1-10(16)14-9-19(7-8-20-14)15-13-6-4-3-5-12(13)11(2)17-18-15/h3-6,10,14H,7-9,16H2,1-2H3. The lowest BCUT2D eigenvalue weighted by atomic mass is 10.1. The van der Waals surface area contributed by atoms with Gasteiger partial charge in [-0.2, -0.15) is 5.10 Å². The van der Waals surface area contributed by atoms with Crippen molar-refractivity contribution in [3.8, 4) is 0 Å². The van der Waals surface area contributed by atoms with Crippen LogP contribution in [0.1, 0.15) is 12.6 Å². The number of nitrogens with two attached hydrogens (primary N) is 1. The van der Waals surface area contributed by atoms with Crippen molar-refractivity contribution in [2.45, 2.75) is 26.0 Å². The Morgan fingerprint density at radius 1 is 1.30 bits per heavy atom. The number of anilines is 1. The van der Waals surface area contributed by atoms with Crippen LogP contribution in [0.15, 0.2) is 24.3 Å². The predicted octanol–water partition coefficient (Wildman–Crippen LogP) is 1.49. The molecule has 2 heterocycles. The molecule has 1 saturated heterocycles. The molecule has 0 spiro atoms. The fraction of sp³-hybridized carbons (Fsp3) is 0.467. The lowest BCUT2D eigenvalue weighted by Gasteiger charge is -2.35. The van der Waals surface area contributed by atoms with Crippen molar-refractivity contribution in [2.75, 3.05) is 24.6 Å². The largest absolute Gasteiger partial charge is 0.373 e. The molecule has 2 N–H and O–H groups in total. The second-order valence-electron chi connectivity index (χ2n) is 5.37. The summed E-state index contributed by atoms with van der Waals surface area (Å²) >= 11 is 0. The summed E-state index contributed by atoms with van der Waals surface area (Å²) in [6.45, 7) is 6.23. The first kappa shape index (κ1) is 13.3. The second kappa shape index (κ2) is 5.34. The molecular weight excluding hydrogens is 252 g/mol. The molecule has 5 heteroatoms. The summed E-state index contributed by atoms with van der Waals surface area (Å²) in [4.78, 5) is 2.23. The van der Waals surface area contributed by atoms with E-state index in [1.165, 1.54) is 0 Å². The summed E-state index contributed by atoms with van der Waals surface area (Å²) in [5, 5.41) is 11.0. The Balaban J connectivity index is 2.00. The first-order valence-electron chi connectivity index (χ1n) is 7.01. The van der Waals surface area contributed by atoms with Gasteiger partial charge in [-0.05, 0) is 13.8 Å². The van der Waals surface area contributed by atoms with Crippen LogP contribution in [-0.2, 0) is 4.74 Å². The number of hydrogen-bond acceptors (Lipinski definition) is 5. The SMILES string of the molecule is Cc1nnc(N2CCOC(C(C)N)C2)c2ccccc12. The zero-order valence-electron chi connectivity index (χ0n) is 11.9. The Morgan fingerprint density at radius 3 is 2.80 bits per heavy atom. The molecule has 2 atom stereocenters. The number of aryl methyl sites for hydroxylation is 1. The van der Waals surface area contributed by atoms with Crippen molar-refractivity contribution >= 4 is 16.6 Å². The van der Waals surface area contributed by atoms with Gasteiger partial charge in [-0.25, -0.2) is 0 Å². The number of fused-ring (bicyclic) bond motifs is 1. The van der Waals surface area contributed by atoms with Crippen LogP contribution in [0.3, 0.4) is 0 Å². The molecule has 0 bridgehead atoms. The Bertz CT molecular complexity index is 614. The summed E-state index contributed by atoms with van der Waals surface area (Å²) in [6.07, 6.45) is 0.0469. The van der Waals surface area contributed by atoms with Crippen LogP contribution in [0.5, 0.6) is 0 Å². The smallest absolute Gasteiger partial charge is 0.159 e. The van der Waals surface area contributed by atoms with Gasteiger partial charge in [0, 0.05) is 29.9 Å². The number of nitrogens with zero attached hydrogens (tertiary/aromatic N) is 3. The lowest BCUT2D eigenvalue weighted by molar-refractivity contribution is 0.0274. The maximum atomic E-state index is 5.96. The molecule has 0 aliphatic carbocycles. The molecule has 1 aliphatic heterocycles. The third-order valence-corrected chi connectivity index (χ3v) is 3.83. The third kappa shape index (κ3) is 2.34. The van der Waals surface area contributed by atoms with Crippen molar-refractivity contribution in [1.29, 1.82) is 0 Å². The lowest BCUT2D eigenvalue weighted by Crippen LogP contribution is -2.50. The van der Waals surface area contributed by atoms with E-state index in [0.29, 0.717) is 6.61 Å². The molecule has 20 heavy (non-hydrogen) atoms. The van der Waals surface area contributed by atoms with Gasteiger partial charge < -0.3 is 15.4 Å². The van der Waals surface area contributed by atoms with Gasteiger partial charge in [0.15, 0.2) is 5.82 Å². The van der Waals surface area contributed by atoms with E-state index in [1.54, 1.807) is 0 Å². The van der Waals surface area contributed by atoms with Crippen LogP contribution in [-0.4, -0.2) is 42.0 Å². The van der Waals surface area contributed by atoms with Crippen molar-refractivity contribution in [1.82, 2.24) is 10.2 Å². The first-order chi connectivity index (χ1) is 9.66. The highest BCUT2D eigenvalue weighted by Crippen LogP contribution is 2.26.